The number of nitrogens with one attached hydrogen (secondary N) is 1. The molecule has 1 aromatic carbocycles. The molecule has 16 heavy (non-hydrogen) atoms. The molecule has 0 saturated carbocycles. The molecule has 1 nitrogen and oxygen atoms in total. The summed E-state index contributed by atoms with van der Waals surface area (Å²) < 4.78 is 1.15. The quantitative estimate of drug-likeness (QED) is 0.818. The number of hydrogen-bond acceptors (Lipinski definition) is 1. The van der Waals surface area contributed by atoms with Crippen LogP contribution in [0.15, 0.2) is 28.7 Å². The van der Waals surface area contributed by atoms with E-state index in [-0.39, 0.29) is 0 Å². The lowest BCUT2D eigenvalue weighted by molar-refractivity contribution is 0.353. The van der Waals surface area contributed by atoms with E-state index in [9.17, 15) is 0 Å². The van der Waals surface area contributed by atoms with Crippen LogP contribution >= 0.6 is 15.9 Å². The monoisotopic (exact) mass is 283 g/mol. The van der Waals surface area contributed by atoms with Gasteiger partial charge in [0.15, 0.2) is 0 Å². The zero-order chi connectivity index (χ0) is 12.0. The summed E-state index contributed by atoms with van der Waals surface area (Å²) in [6.45, 7) is 7.78. The Hall–Kier alpha value is -0.340. The highest BCUT2D eigenvalue weighted by atomic mass is 79.9. The molecule has 0 aliphatic carbocycles. The summed E-state index contributed by atoms with van der Waals surface area (Å²) in [7, 11) is 0. The Bertz CT molecular complexity index is 307. The van der Waals surface area contributed by atoms with Crippen LogP contribution in [0.25, 0.3) is 0 Å². The summed E-state index contributed by atoms with van der Waals surface area (Å²) in [6.07, 6.45) is 2.51. The molecule has 0 heterocycles. The van der Waals surface area contributed by atoms with E-state index >= 15 is 0 Å². The van der Waals surface area contributed by atoms with Gasteiger partial charge < -0.3 is 5.32 Å². The van der Waals surface area contributed by atoms with Crippen LogP contribution < -0.4 is 5.32 Å². The standard InChI is InChI=1S/C14H22BrN/c1-4-13(5-2)11(3)16-10-12-7-6-8-14(15)9-12/h6-9,11,13,16H,4-5,10H2,1-3H3. The number of rotatable bonds is 6. The van der Waals surface area contributed by atoms with Crippen LogP contribution in [-0.4, -0.2) is 6.04 Å². The highest BCUT2D eigenvalue weighted by Crippen LogP contribution is 2.15. The lowest BCUT2D eigenvalue weighted by atomic mass is 9.95. The predicted octanol–water partition coefficient (Wildman–Crippen LogP) is 4.36. The molecule has 90 valence electrons. The summed E-state index contributed by atoms with van der Waals surface area (Å²) >= 11 is 3.50. The van der Waals surface area contributed by atoms with E-state index < -0.39 is 0 Å². The maximum Gasteiger partial charge on any atom is 0.0208 e. The first-order valence-electron chi connectivity index (χ1n) is 6.15. The van der Waals surface area contributed by atoms with Crippen LogP contribution in [0.4, 0.5) is 0 Å². The van der Waals surface area contributed by atoms with E-state index in [1.54, 1.807) is 0 Å². The highest BCUT2D eigenvalue weighted by Gasteiger charge is 2.12. The Morgan fingerprint density at radius 1 is 1.25 bits per heavy atom. The van der Waals surface area contributed by atoms with Gasteiger partial charge >= 0.3 is 0 Å². The number of benzene rings is 1. The summed E-state index contributed by atoms with van der Waals surface area (Å²) in [6, 6.07) is 9.08. The van der Waals surface area contributed by atoms with Crippen molar-refractivity contribution >= 4 is 15.9 Å². The lowest BCUT2D eigenvalue weighted by Crippen LogP contribution is -2.32. The average Bonchev–Trinajstić information content (AvgIpc) is 2.28. The van der Waals surface area contributed by atoms with E-state index in [2.05, 4.69) is 66.3 Å². The normalized spacial score (nSPS) is 13.1. The highest BCUT2D eigenvalue weighted by molar-refractivity contribution is 9.10. The van der Waals surface area contributed by atoms with Crippen LogP contribution in [-0.2, 0) is 6.54 Å². The molecule has 0 aliphatic heterocycles. The van der Waals surface area contributed by atoms with Gasteiger partial charge in [0.05, 0.1) is 0 Å². The molecule has 1 N–H and O–H groups in total. The third-order valence-electron chi connectivity index (χ3n) is 3.27. The average molecular weight is 284 g/mol. The van der Waals surface area contributed by atoms with Crippen molar-refractivity contribution in [2.45, 2.75) is 46.2 Å². The van der Waals surface area contributed by atoms with Crippen LogP contribution in [0.2, 0.25) is 0 Å². The fourth-order valence-corrected chi connectivity index (χ4v) is 2.53. The topological polar surface area (TPSA) is 12.0 Å². The number of hydrogen-bond donors (Lipinski definition) is 1. The molecular weight excluding hydrogens is 262 g/mol. The fourth-order valence-electron chi connectivity index (χ4n) is 2.09. The third kappa shape index (κ3) is 4.26. The van der Waals surface area contributed by atoms with E-state index in [0.29, 0.717) is 6.04 Å². The third-order valence-corrected chi connectivity index (χ3v) is 3.77. The Kier molecular flexibility index (Phi) is 6.07. The Balaban J connectivity index is 2.45. The molecule has 0 fully saturated rings. The second-order valence-electron chi connectivity index (χ2n) is 4.38. The fraction of sp³-hybridized carbons (Fsp3) is 0.571. The zero-order valence-corrected chi connectivity index (χ0v) is 12.0. The SMILES string of the molecule is CCC(CC)C(C)NCc1cccc(Br)c1. The van der Waals surface area contributed by atoms with Gasteiger partial charge in [-0.05, 0) is 30.5 Å². The Morgan fingerprint density at radius 2 is 1.94 bits per heavy atom. The first kappa shape index (κ1) is 13.7. The second-order valence-corrected chi connectivity index (χ2v) is 5.29. The van der Waals surface area contributed by atoms with E-state index in [0.717, 1.165) is 16.9 Å². The van der Waals surface area contributed by atoms with Crippen molar-refractivity contribution in [3.63, 3.8) is 0 Å². The first-order valence-corrected chi connectivity index (χ1v) is 6.94. The van der Waals surface area contributed by atoms with E-state index in [1.807, 2.05) is 0 Å². The van der Waals surface area contributed by atoms with Crippen molar-refractivity contribution in [3.8, 4) is 0 Å². The largest absolute Gasteiger partial charge is 0.310 e. The van der Waals surface area contributed by atoms with Crippen molar-refractivity contribution in [1.29, 1.82) is 0 Å². The predicted molar refractivity (Wildman–Crippen MR) is 74.5 cm³/mol. The Morgan fingerprint density at radius 3 is 2.50 bits per heavy atom. The Labute approximate surface area is 108 Å². The molecule has 0 saturated heterocycles. The van der Waals surface area contributed by atoms with Gasteiger partial charge in [0.25, 0.3) is 0 Å². The molecular formula is C14H22BrN. The van der Waals surface area contributed by atoms with Crippen molar-refractivity contribution in [2.24, 2.45) is 5.92 Å². The molecule has 0 amide bonds. The van der Waals surface area contributed by atoms with E-state index in [4.69, 9.17) is 0 Å². The lowest BCUT2D eigenvalue weighted by Gasteiger charge is -2.22. The van der Waals surface area contributed by atoms with Gasteiger partial charge in [0, 0.05) is 17.1 Å². The second kappa shape index (κ2) is 7.08. The minimum absolute atomic E-state index is 0.592. The van der Waals surface area contributed by atoms with Gasteiger partial charge in [-0.2, -0.15) is 0 Å². The molecule has 1 aromatic rings. The molecule has 0 bridgehead atoms. The van der Waals surface area contributed by atoms with Crippen molar-refractivity contribution in [3.05, 3.63) is 34.3 Å². The maximum atomic E-state index is 3.61. The molecule has 0 aromatic heterocycles. The molecule has 1 rings (SSSR count). The summed E-state index contributed by atoms with van der Waals surface area (Å²) in [4.78, 5) is 0. The van der Waals surface area contributed by atoms with Gasteiger partial charge in [0.2, 0.25) is 0 Å². The molecule has 0 aliphatic rings. The molecule has 0 radical (unpaired) electrons. The molecule has 1 atom stereocenters. The zero-order valence-electron chi connectivity index (χ0n) is 10.5. The van der Waals surface area contributed by atoms with Crippen molar-refractivity contribution in [1.82, 2.24) is 5.32 Å². The summed E-state index contributed by atoms with van der Waals surface area (Å²) in [5, 5.41) is 3.61. The van der Waals surface area contributed by atoms with Gasteiger partial charge in [-0.15, -0.1) is 0 Å². The van der Waals surface area contributed by atoms with Crippen molar-refractivity contribution < 1.29 is 0 Å². The minimum Gasteiger partial charge on any atom is -0.310 e. The van der Waals surface area contributed by atoms with Crippen LogP contribution in [0.5, 0.6) is 0 Å². The van der Waals surface area contributed by atoms with Crippen LogP contribution in [0.1, 0.15) is 39.2 Å². The summed E-state index contributed by atoms with van der Waals surface area (Å²) in [5.41, 5.74) is 1.34. The van der Waals surface area contributed by atoms with Gasteiger partial charge in [-0.1, -0.05) is 54.8 Å². The maximum absolute atomic E-state index is 3.61. The summed E-state index contributed by atoms with van der Waals surface area (Å²) in [5.74, 6) is 0.784. The first-order chi connectivity index (χ1) is 7.67. The molecule has 1 unspecified atom stereocenters. The van der Waals surface area contributed by atoms with Gasteiger partial charge in [0.1, 0.15) is 0 Å². The van der Waals surface area contributed by atoms with Gasteiger partial charge in [-0.3, -0.25) is 0 Å². The number of halogens is 1. The van der Waals surface area contributed by atoms with Gasteiger partial charge in [-0.25, -0.2) is 0 Å². The molecule has 2 heteroatoms. The van der Waals surface area contributed by atoms with Crippen LogP contribution in [0, 0.1) is 5.92 Å². The van der Waals surface area contributed by atoms with E-state index in [1.165, 1.54) is 18.4 Å². The smallest absolute Gasteiger partial charge is 0.0208 e. The minimum atomic E-state index is 0.592. The van der Waals surface area contributed by atoms with Crippen LogP contribution in [0.3, 0.4) is 0 Å². The van der Waals surface area contributed by atoms with Crippen molar-refractivity contribution in [2.75, 3.05) is 0 Å². The molecule has 0 spiro atoms.